The summed E-state index contributed by atoms with van der Waals surface area (Å²) >= 11 is 0. The molecule has 1 heterocycles. The molecule has 3 aromatic rings. The van der Waals surface area contributed by atoms with Crippen LogP contribution in [0, 0.1) is 13.8 Å². The number of pyridine rings is 1. The van der Waals surface area contributed by atoms with Gasteiger partial charge in [-0.15, -0.1) is 0 Å². The van der Waals surface area contributed by atoms with Gasteiger partial charge in [-0.3, -0.25) is 0 Å². The second-order valence-corrected chi connectivity index (χ2v) is 7.28. The molecule has 0 fully saturated rings. The first-order valence-electron chi connectivity index (χ1n) is 9.87. The molecule has 0 saturated heterocycles. The van der Waals surface area contributed by atoms with E-state index in [2.05, 4.69) is 50.0 Å². The monoisotopic (exact) mass is 425 g/mol. The number of fused-ring (bicyclic) bond motifs is 1. The molecule has 3 rings (SSSR count). The number of carboxylic acids is 2. The molecule has 0 saturated carbocycles. The van der Waals surface area contributed by atoms with Crippen molar-refractivity contribution in [2.24, 2.45) is 0 Å². The first-order valence-corrected chi connectivity index (χ1v) is 9.87. The Balaban J connectivity index is 0.000000501. The maximum Gasteiger partial charge on any atom is 0.414 e. The van der Waals surface area contributed by atoms with E-state index >= 15 is 0 Å². The molecule has 2 aromatic carbocycles. The number of carboxylic acid groups (broad SMARTS) is 2. The third kappa shape index (κ3) is 6.99. The topological polar surface area (TPSA) is 106 Å². The van der Waals surface area contributed by atoms with E-state index in [0.29, 0.717) is 19.1 Å². The van der Waals surface area contributed by atoms with Gasteiger partial charge in [-0.2, -0.15) is 0 Å². The van der Waals surface area contributed by atoms with Gasteiger partial charge in [0, 0.05) is 11.1 Å². The number of aliphatic carboxylic acids is 2. The molecular weight excluding hydrogens is 398 g/mol. The lowest BCUT2D eigenvalue weighted by molar-refractivity contribution is -0.159. The van der Waals surface area contributed by atoms with Gasteiger partial charge in [0.1, 0.15) is 30.2 Å². The minimum Gasteiger partial charge on any atom is -0.490 e. The Morgan fingerprint density at radius 3 is 2.16 bits per heavy atom. The molecule has 7 nitrogen and oxygen atoms in total. The minimum absolute atomic E-state index is 0.432. The molecule has 0 atom stereocenters. The summed E-state index contributed by atoms with van der Waals surface area (Å²) in [6.45, 7) is 9.42. The Hall–Kier alpha value is -3.61. The number of aromatic nitrogens is 1. The van der Waals surface area contributed by atoms with Crippen molar-refractivity contribution in [3.63, 3.8) is 0 Å². The highest BCUT2D eigenvalue weighted by Gasteiger charge is 2.09. The van der Waals surface area contributed by atoms with Gasteiger partial charge in [-0.05, 0) is 49.1 Å². The summed E-state index contributed by atoms with van der Waals surface area (Å²) in [7, 11) is 0. The van der Waals surface area contributed by atoms with Gasteiger partial charge in [-0.1, -0.05) is 44.2 Å². The van der Waals surface area contributed by atoms with E-state index in [1.165, 1.54) is 11.1 Å². The van der Waals surface area contributed by atoms with Crippen LogP contribution in [0.2, 0.25) is 0 Å². The van der Waals surface area contributed by atoms with E-state index in [1.54, 1.807) is 0 Å². The zero-order valence-electron chi connectivity index (χ0n) is 18.1. The second-order valence-electron chi connectivity index (χ2n) is 7.28. The van der Waals surface area contributed by atoms with E-state index in [9.17, 15) is 0 Å². The summed E-state index contributed by atoms with van der Waals surface area (Å²) < 4.78 is 11.9. The molecule has 1 aromatic heterocycles. The number of hydrogen-bond donors (Lipinski definition) is 2. The van der Waals surface area contributed by atoms with Crippen LogP contribution in [-0.4, -0.2) is 40.3 Å². The molecule has 164 valence electrons. The molecule has 0 radical (unpaired) electrons. The second kappa shape index (κ2) is 11.0. The number of benzene rings is 2. The molecule has 31 heavy (non-hydrogen) atoms. The normalized spacial score (nSPS) is 10.4. The van der Waals surface area contributed by atoms with Crippen LogP contribution in [0.15, 0.2) is 48.5 Å². The maximum absolute atomic E-state index is 9.10. The van der Waals surface area contributed by atoms with Crippen LogP contribution in [0.1, 0.15) is 36.6 Å². The number of para-hydroxylation sites is 1. The van der Waals surface area contributed by atoms with Crippen LogP contribution in [0.5, 0.6) is 11.5 Å². The lowest BCUT2D eigenvalue weighted by Crippen LogP contribution is -2.11. The average Bonchev–Trinajstić information content (AvgIpc) is 2.71. The Kier molecular flexibility index (Phi) is 8.37. The molecular formula is C24H27NO6. The van der Waals surface area contributed by atoms with Gasteiger partial charge >= 0.3 is 11.9 Å². The largest absolute Gasteiger partial charge is 0.490 e. The van der Waals surface area contributed by atoms with Crippen molar-refractivity contribution >= 4 is 22.8 Å². The highest BCUT2D eigenvalue weighted by atomic mass is 16.5. The Morgan fingerprint density at radius 1 is 0.903 bits per heavy atom. The molecule has 0 amide bonds. The summed E-state index contributed by atoms with van der Waals surface area (Å²) in [6, 6.07) is 16.5. The summed E-state index contributed by atoms with van der Waals surface area (Å²) in [5.74, 6) is -1.46. The van der Waals surface area contributed by atoms with E-state index in [0.717, 1.165) is 28.1 Å². The highest BCUT2D eigenvalue weighted by Crippen LogP contribution is 2.28. The van der Waals surface area contributed by atoms with Crippen LogP contribution < -0.4 is 9.47 Å². The van der Waals surface area contributed by atoms with E-state index in [-0.39, 0.29) is 0 Å². The van der Waals surface area contributed by atoms with Gasteiger partial charge in [0.2, 0.25) is 0 Å². The lowest BCUT2D eigenvalue weighted by atomic mass is 10.0. The average molecular weight is 425 g/mol. The molecule has 2 N–H and O–H groups in total. The molecule has 0 aliphatic rings. The number of rotatable bonds is 6. The van der Waals surface area contributed by atoms with Crippen LogP contribution in [0.25, 0.3) is 10.9 Å². The highest BCUT2D eigenvalue weighted by molar-refractivity contribution is 6.27. The Labute approximate surface area is 181 Å². The zero-order valence-corrected chi connectivity index (χ0v) is 18.1. The van der Waals surface area contributed by atoms with E-state index in [1.807, 2.05) is 31.2 Å². The van der Waals surface area contributed by atoms with Crippen LogP contribution in [-0.2, 0) is 9.59 Å². The molecule has 0 bridgehead atoms. The van der Waals surface area contributed by atoms with Gasteiger partial charge in [0.25, 0.3) is 0 Å². The molecule has 0 aliphatic carbocycles. The van der Waals surface area contributed by atoms with Crippen LogP contribution in [0.4, 0.5) is 0 Å². The molecule has 0 unspecified atom stereocenters. The van der Waals surface area contributed by atoms with Crippen molar-refractivity contribution < 1.29 is 29.3 Å². The summed E-state index contributed by atoms with van der Waals surface area (Å²) in [5.41, 5.74) is 4.32. The summed E-state index contributed by atoms with van der Waals surface area (Å²) in [5, 5.41) is 15.9. The zero-order chi connectivity index (χ0) is 23.0. The predicted octanol–water partition coefficient (Wildman–Crippen LogP) is 4.59. The molecule has 7 heteroatoms. The maximum atomic E-state index is 9.10. The molecule has 0 aliphatic heterocycles. The number of hydrogen-bond acceptors (Lipinski definition) is 5. The van der Waals surface area contributed by atoms with Crippen LogP contribution >= 0.6 is 0 Å². The standard InChI is InChI=1S/C22H25NO2.C2H2O4/c1-15(2)19-11-8-16(3)14-21(19)25-13-12-24-20-7-5-6-18-10-9-17(4)23-22(18)20;3-1(4)2(5)6/h5-11,14-15H,12-13H2,1-4H3;(H,3,4)(H,5,6). The first-order chi connectivity index (χ1) is 14.7. The first kappa shape index (κ1) is 23.7. The fourth-order valence-corrected chi connectivity index (χ4v) is 2.88. The van der Waals surface area contributed by atoms with Crippen molar-refractivity contribution in [1.29, 1.82) is 0 Å². The number of carbonyl (C=O) groups is 2. The summed E-state index contributed by atoms with van der Waals surface area (Å²) in [6.07, 6.45) is 0. The van der Waals surface area contributed by atoms with Gasteiger partial charge in [0.05, 0.1) is 0 Å². The van der Waals surface area contributed by atoms with Crippen molar-refractivity contribution in [2.75, 3.05) is 13.2 Å². The SMILES string of the molecule is Cc1ccc(C(C)C)c(OCCOc2cccc3ccc(C)nc23)c1.O=C(O)C(=O)O. The third-order valence-corrected chi connectivity index (χ3v) is 4.39. The quantitative estimate of drug-likeness (QED) is 0.439. The lowest BCUT2D eigenvalue weighted by Gasteiger charge is -2.15. The molecule has 0 spiro atoms. The van der Waals surface area contributed by atoms with Crippen molar-refractivity contribution in [3.05, 3.63) is 65.4 Å². The minimum atomic E-state index is -1.82. The van der Waals surface area contributed by atoms with Crippen LogP contribution in [0.3, 0.4) is 0 Å². The van der Waals surface area contributed by atoms with Gasteiger partial charge < -0.3 is 19.7 Å². The van der Waals surface area contributed by atoms with Crippen molar-refractivity contribution in [3.8, 4) is 11.5 Å². The smallest absolute Gasteiger partial charge is 0.414 e. The number of ether oxygens (including phenoxy) is 2. The fraction of sp³-hybridized carbons (Fsp3) is 0.292. The summed E-state index contributed by atoms with van der Waals surface area (Å²) in [4.78, 5) is 22.8. The third-order valence-electron chi connectivity index (χ3n) is 4.39. The van der Waals surface area contributed by atoms with Crippen molar-refractivity contribution in [1.82, 2.24) is 4.98 Å². The number of aryl methyl sites for hydroxylation is 2. The van der Waals surface area contributed by atoms with Gasteiger partial charge in [-0.25, -0.2) is 14.6 Å². The Morgan fingerprint density at radius 2 is 1.55 bits per heavy atom. The van der Waals surface area contributed by atoms with Crippen molar-refractivity contribution in [2.45, 2.75) is 33.6 Å². The predicted molar refractivity (Wildman–Crippen MR) is 118 cm³/mol. The van der Waals surface area contributed by atoms with E-state index in [4.69, 9.17) is 29.3 Å². The van der Waals surface area contributed by atoms with Gasteiger partial charge in [0.15, 0.2) is 0 Å². The van der Waals surface area contributed by atoms with E-state index < -0.39 is 11.9 Å². The number of nitrogens with zero attached hydrogens (tertiary/aromatic N) is 1. The Bertz CT molecular complexity index is 1050. The fourth-order valence-electron chi connectivity index (χ4n) is 2.88.